The molecule has 2 fully saturated rings. The highest BCUT2D eigenvalue weighted by Crippen LogP contribution is 2.38. The van der Waals surface area contributed by atoms with Gasteiger partial charge in [0.15, 0.2) is 5.82 Å². The molecule has 1 saturated carbocycles. The number of nitrogens with zero attached hydrogens (tertiary/aromatic N) is 2. The maximum absolute atomic E-state index is 14.5. The van der Waals surface area contributed by atoms with Gasteiger partial charge in [-0.05, 0) is 45.2 Å². The fourth-order valence-corrected chi connectivity index (χ4v) is 3.69. The summed E-state index contributed by atoms with van der Waals surface area (Å²) in [5.41, 5.74) is 0.355. The van der Waals surface area contributed by atoms with Gasteiger partial charge in [0.25, 0.3) is 5.88 Å². The third kappa shape index (κ3) is 5.09. The molecule has 1 amide bonds. The van der Waals surface area contributed by atoms with E-state index in [1.807, 2.05) is 11.9 Å². The zero-order valence-corrected chi connectivity index (χ0v) is 16.4. The van der Waals surface area contributed by atoms with Crippen molar-refractivity contribution in [2.75, 3.05) is 20.7 Å². The number of aromatic nitrogens is 1. The van der Waals surface area contributed by atoms with E-state index < -0.39 is 24.0 Å². The summed E-state index contributed by atoms with van der Waals surface area (Å²) in [4.78, 5) is 18.0. The van der Waals surface area contributed by atoms with Crippen LogP contribution < -0.4 is 14.8 Å². The van der Waals surface area contributed by atoms with Crippen LogP contribution in [0, 0.1) is 11.7 Å². The molecule has 0 unspecified atom stereocenters. The summed E-state index contributed by atoms with van der Waals surface area (Å²) in [6.07, 6.45) is -3.70. The summed E-state index contributed by atoms with van der Waals surface area (Å²) < 4.78 is 63.5. The Kier molecular flexibility index (Phi) is 6.50. The Bertz CT molecular complexity index is 736. The van der Waals surface area contributed by atoms with E-state index in [4.69, 9.17) is 9.47 Å². The van der Waals surface area contributed by atoms with E-state index in [1.54, 1.807) is 0 Å². The summed E-state index contributed by atoms with van der Waals surface area (Å²) >= 11 is 0. The minimum absolute atomic E-state index is 0.0488. The van der Waals surface area contributed by atoms with E-state index in [1.165, 1.54) is 13.2 Å². The van der Waals surface area contributed by atoms with Gasteiger partial charge in [0, 0.05) is 18.7 Å². The van der Waals surface area contributed by atoms with Crippen LogP contribution in [0.5, 0.6) is 11.8 Å². The van der Waals surface area contributed by atoms with Crippen LogP contribution in [0.3, 0.4) is 0 Å². The number of nitrogens with one attached hydrogen (secondary N) is 1. The molecule has 1 aliphatic carbocycles. The van der Waals surface area contributed by atoms with Gasteiger partial charge in [0.05, 0.1) is 19.1 Å². The summed E-state index contributed by atoms with van der Waals surface area (Å²) in [5, 5.41) is 2.74. The minimum Gasteiger partial charge on any atom is -0.481 e. The van der Waals surface area contributed by atoms with Gasteiger partial charge in [-0.15, -0.1) is 0 Å². The number of hydrogen-bond acceptors (Lipinski definition) is 5. The second-order valence-corrected chi connectivity index (χ2v) is 7.58. The number of rotatable bonds is 6. The average molecular weight is 419 g/mol. The van der Waals surface area contributed by atoms with Crippen molar-refractivity contribution in [3.05, 3.63) is 17.4 Å². The molecular weight excluding hydrogens is 394 g/mol. The van der Waals surface area contributed by atoms with Crippen LogP contribution in [0.25, 0.3) is 0 Å². The van der Waals surface area contributed by atoms with Crippen molar-refractivity contribution in [2.24, 2.45) is 5.92 Å². The Morgan fingerprint density at radius 2 is 1.93 bits per heavy atom. The average Bonchev–Trinajstić information content (AvgIpc) is 2.66. The van der Waals surface area contributed by atoms with Crippen LogP contribution in [0.15, 0.2) is 6.07 Å². The second kappa shape index (κ2) is 8.73. The third-order valence-electron chi connectivity index (χ3n) is 5.63. The second-order valence-electron chi connectivity index (χ2n) is 7.58. The Balaban J connectivity index is 1.60. The van der Waals surface area contributed by atoms with Gasteiger partial charge in [-0.2, -0.15) is 18.2 Å². The first-order valence-electron chi connectivity index (χ1n) is 9.63. The van der Waals surface area contributed by atoms with Crippen molar-refractivity contribution < 1.29 is 31.8 Å². The molecule has 10 heteroatoms. The summed E-state index contributed by atoms with van der Waals surface area (Å²) in [6.45, 7) is 0.905. The number of alkyl halides is 3. The Morgan fingerprint density at radius 1 is 1.24 bits per heavy atom. The van der Waals surface area contributed by atoms with Gasteiger partial charge in [0.1, 0.15) is 6.10 Å². The number of carbonyl (C=O) groups excluding carboxylic acids is 1. The highest BCUT2D eigenvalue weighted by Gasteiger charge is 2.42. The topological polar surface area (TPSA) is 63.7 Å². The molecule has 2 aliphatic rings. The monoisotopic (exact) mass is 419 g/mol. The zero-order valence-electron chi connectivity index (χ0n) is 16.4. The standard InChI is InChI=1S/C19H25F4N3O3/c1-26-8-7-15(26)16(27)24-10-11-9-14(20)18(25-17(11)28-2)29-13-5-3-12(4-6-13)19(21,22)23/h9,12-13,15H,3-8,10H2,1-2H3,(H,24,27)/t12?,13?,15-/m0/s1. The lowest BCUT2D eigenvalue weighted by Crippen LogP contribution is -2.53. The van der Waals surface area contributed by atoms with Gasteiger partial charge in [-0.3, -0.25) is 9.69 Å². The molecule has 0 radical (unpaired) electrons. The highest BCUT2D eigenvalue weighted by molar-refractivity contribution is 5.82. The number of ether oxygens (including phenoxy) is 2. The van der Waals surface area contributed by atoms with E-state index in [0.29, 0.717) is 5.56 Å². The number of likely N-dealkylation sites (N-methyl/N-ethyl adjacent to an activating group) is 1. The largest absolute Gasteiger partial charge is 0.481 e. The van der Waals surface area contributed by atoms with Crippen LogP contribution in [0.1, 0.15) is 37.7 Å². The molecule has 1 N–H and O–H groups in total. The number of halogens is 4. The first-order chi connectivity index (χ1) is 13.7. The van der Waals surface area contributed by atoms with E-state index in [0.717, 1.165) is 13.0 Å². The molecule has 1 saturated heterocycles. The molecule has 0 bridgehead atoms. The van der Waals surface area contributed by atoms with E-state index >= 15 is 0 Å². The minimum atomic E-state index is -4.21. The van der Waals surface area contributed by atoms with Crippen molar-refractivity contribution in [3.8, 4) is 11.8 Å². The molecular formula is C19H25F4N3O3. The maximum Gasteiger partial charge on any atom is 0.391 e. The summed E-state index contributed by atoms with van der Waals surface area (Å²) in [5.74, 6) is -2.43. The smallest absolute Gasteiger partial charge is 0.391 e. The Morgan fingerprint density at radius 3 is 2.45 bits per heavy atom. The van der Waals surface area contributed by atoms with Crippen molar-refractivity contribution in [3.63, 3.8) is 0 Å². The van der Waals surface area contributed by atoms with Gasteiger partial charge >= 0.3 is 6.18 Å². The van der Waals surface area contributed by atoms with Gasteiger partial charge in [-0.1, -0.05) is 0 Å². The van der Waals surface area contributed by atoms with Gasteiger partial charge in [0.2, 0.25) is 11.8 Å². The molecule has 1 aromatic rings. The number of pyridine rings is 1. The number of amides is 1. The van der Waals surface area contributed by atoms with Crippen molar-refractivity contribution >= 4 is 5.91 Å². The molecule has 29 heavy (non-hydrogen) atoms. The highest BCUT2D eigenvalue weighted by atomic mass is 19.4. The lowest BCUT2D eigenvalue weighted by atomic mass is 9.87. The first-order valence-corrected chi connectivity index (χ1v) is 9.63. The number of methoxy groups -OCH3 is 1. The van der Waals surface area contributed by atoms with E-state index in [-0.39, 0.29) is 55.9 Å². The summed E-state index contributed by atoms with van der Waals surface area (Å²) in [7, 11) is 3.22. The lowest BCUT2D eigenvalue weighted by Gasteiger charge is -2.36. The molecule has 0 spiro atoms. The SMILES string of the molecule is COc1nc(OC2CCC(C(F)(F)F)CC2)c(F)cc1CNC(=O)[C@@H]1CCN1C. The fourth-order valence-electron chi connectivity index (χ4n) is 3.69. The number of likely N-dealkylation sites (tertiary alicyclic amines) is 1. The van der Waals surface area contributed by atoms with Crippen molar-refractivity contribution in [2.45, 2.75) is 57.0 Å². The van der Waals surface area contributed by atoms with Crippen LogP contribution in [-0.4, -0.2) is 54.8 Å². The molecule has 6 nitrogen and oxygen atoms in total. The fraction of sp³-hybridized carbons (Fsp3) is 0.684. The maximum atomic E-state index is 14.5. The molecule has 2 heterocycles. The van der Waals surface area contributed by atoms with Gasteiger partial charge < -0.3 is 14.8 Å². The molecule has 1 atom stereocenters. The quantitative estimate of drug-likeness (QED) is 0.719. The first kappa shape index (κ1) is 21.6. The Hall–Kier alpha value is -2.10. The van der Waals surface area contributed by atoms with Gasteiger partial charge in [-0.25, -0.2) is 4.39 Å². The number of carbonyl (C=O) groups is 1. The van der Waals surface area contributed by atoms with E-state index in [9.17, 15) is 22.4 Å². The Labute approximate surface area is 166 Å². The third-order valence-corrected chi connectivity index (χ3v) is 5.63. The molecule has 1 aliphatic heterocycles. The van der Waals surface area contributed by atoms with Crippen LogP contribution in [-0.2, 0) is 11.3 Å². The molecule has 0 aromatic carbocycles. The molecule has 1 aromatic heterocycles. The summed E-state index contributed by atoms with van der Waals surface area (Å²) in [6, 6.07) is 0.987. The number of hydrogen-bond donors (Lipinski definition) is 1. The lowest BCUT2D eigenvalue weighted by molar-refractivity contribution is -0.185. The van der Waals surface area contributed by atoms with Crippen LogP contribution in [0.2, 0.25) is 0 Å². The molecule has 162 valence electrons. The van der Waals surface area contributed by atoms with Crippen LogP contribution in [0.4, 0.5) is 17.6 Å². The zero-order chi connectivity index (χ0) is 21.2. The van der Waals surface area contributed by atoms with Crippen molar-refractivity contribution in [1.82, 2.24) is 15.2 Å². The predicted molar refractivity (Wildman–Crippen MR) is 96.1 cm³/mol. The predicted octanol–water partition coefficient (Wildman–Crippen LogP) is 3.05. The van der Waals surface area contributed by atoms with Crippen molar-refractivity contribution in [1.29, 1.82) is 0 Å². The van der Waals surface area contributed by atoms with E-state index in [2.05, 4.69) is 10.3 Å². The normalized spacial score (nSPS) is 25.2. The van der Waals surface area contributed by atoms with Crippen LogP contribution >= 0.6 is 0 Å². The molecule has 3 rings (SSSR count).